The second-order valence-electron chi connectivity index (χ2n) is 11.2. The Balaban J connectivity index is 1.55. The lowest BCUT2D eigenvalue weighted by molar-refractivity contribution is 0.436. The molecule has 170 valence electrons. The highest BCUT2D eigenvalue weighted by atomic mass is 32.1. The molecule has 2 nitrogen and oxygen atoms in total. The second kappa shape index (κ2) is 7.39. The molecule has 1 aromatic heterocycles. The molecule has 1 saturated carbocycles. The smallest absolute Gasteiger partial charge is 0.268 e. The zero-order valence-corrected chi connectivity index (χ0v) is 21.0. The number of hydrogen-bond acceptors (Lipinski definition) is 3. The van der Waals surface area contributed by atoms with Gasteiger partial charge >= 0.3 is 0 Å². The van der Waals surface area contributed by atoms with Gasteiger partial charge in [-0.25, -0.2) is 0 Å². The molecule has 7 rings (SSSR count). The quantitative estimate of drug-likeness (QED) is 0.260. The molecule has 3 heterocycles. The van der Waals surface area contributed by atoms with E-state index in [9.17, 15) is 0 Å². The van der Waals surface area contributed by atoms with E-state index >= 15 is 0 Å². The number of para-hydroxylation sites is 1. The van der Waals surface area contributed by atoms with E-state index in [1.54, 1.807) is 0 Å². The summed E-state index contributed by atoms with van der Waals surface area (Å²) in [7, 11) is 0. The first-order chi connectivity index (χ1) is 16.5. The average molecular weight is 463 g/mol. The second-order valence-corrected chi connectivity index (χ2v) is 12.3. The molecule has 0 bridgehead atoms. The van der Waals surface area contributed by atoms with E-state index < -0.39 is 0 Å². The molecule has 0 radical (unpaired) electrons. The molecule has 1 fully saturated rings. The van der Waals surface area contributed by atoms with E-state index in [1.807, 2.05) is 11.3 Å². The van der Waals surface area contributed by atoms with Crippen molar-refractivity contribution in [2.75, 3.05) is 4.90 Å². The van der Waals surface area contributed by atoms with Gasteiger partial charge in [0.25, 0.3) is 6.71 Å². The summed E-state index contributed by atoms with van der Waals surface area (Å²) in [5.74, 6) is 2.03. The van der Waals surface area contributed by atoms with Gasteiger partial charge < -0.3 is 9.64 Å². The minimum atomic E-state index is 0.129. The lowest BCUT2D eigenvalue weighted by atomic mass is 9.37. The fourth-order valence-electron chi connectivity index (χ4n) is 6.33. The summed E-state index contributed by atoms with van der Waals surface area (Å²) >= 11 is 1.99. The Hall–Kier alpha value is -2.72. The summed E-state index contributed by atoms with van der Waals surface area (Å²) in [6, 6.07) is 23.1. The number of ether oxygens (including phenoxy) is 1. The van der Waals surface area contributed by atoms with Gasteiger partial charge in [0.1, 0.15) is 11.5 Å². The van der Waals surface area contributed by atoms with Gasteiger partial charge in [0.05, 0.1) is 5.69 Å². The van der Waals surface area contributed by atoms with Gasteiger partial charge in [-0.2, -0.15) is 0 Å². The van der Waals surface area contributed by atoms with Crippen LogP contribution >= 0.6 is 11.3 Å². The molecule has 2 aliphatic heterocycles. The van der Waals surface area contributed by atoms with Crippen molar-refractivity contribution < 1.29 is 4.74 Å². The first-order valence-electron chi connectivity index (χ1n) is 12.8. The molecule has 3 aromatic carbocycles. The molecule has 0 saturated heterocycles. The predicted molar refractivity (Wildman–Crippen MR) is 147 cm³/mol. The number of thiophene rings is 1. The highest BCUT2D eigenvalue weighted by molar-refractivity contribution is 7.33. The Morgan fingerprint density at radius 3 is 2.53 bits per heavy atom. The Morgan fingerprint density at radius 1 is 0.912 bits per heavy atom. The van der Waals surface area contributed by atoms with Gasteiger partial charge in [0.2, 0.25) is 0 Å². The molecule has 3 aliphatic rings. The molecule has 0 spiro atoms. The number of fused-ring (bicyclic) bond motifs is 6. The number of benzene rings is 3. The Bertz CT molecular complexity index is 1430. The molecule has 0 N–H and O–H groups in total. The molecule has 0 unspecified atom stereocenters. The maximum Gasteiger partial charge on any atom is 0.268 e. The monoisotopic (exact) mass is 463 g/mol. The van der Waals surface area contributed by atoms with Crippen molar-refractivity contribution in [3.8, 4) is 11.5 Å². The number of nitrogens with zero attached hydrogens (tertiary/aromatic N) is 1. The maximum absolute atomic E-state index is 6.49. The van der Waals surface area contributed by atoms with Crippen molar-refractivity contribution >= 4 is 55.2 Å². The van der Waals surface area contributed by atoms with Crippen molar-refractivity contribution in [1.82, 2.24) is 0 Å². The third-order valence-corrected chi connectivity index (χ3v) is 9.26. The van der Waals surface area contributed by atoms with Crippen LogP contribution in [0.5, 0.6) is 11.5 Å². The highest BCUT2D eigenvalue weighted by Gasteiger charge is 2.44. The van der Waals surface area contributed by atoms with Crippen LogP contribution in [0.15, 0.2) is 60.7 Å². The van der Waals surface area contributed by atoms with Crippen molar-refractivity contribution in [2.45, 2.75) is 64.3 Å². The van der Waals surface area contributed by atoms with Crippen LogP contribution in [0.25, 0.3) is 10.1 Å². The van der Waals surface area contributed by atoms with E-state index in [2.05, 4.69) is 86.3 Å². The molecule has 0 atom stereocenters. The lowest BCUT2D eigenvalue weighted by Gasteiger charge is -2.43. The zero-order valence-electron chi connectivity index (χ0n) is 20.2. The summed E-state index contributed by atoms with van der Waals surface area (Å²) < 4.78 is 9.38. The van der Waals surface area contributed by atoms with Crippen molar-refractivity contribution in [3.05, 3.63) is 66.2 Å². The lowest BCUT2D eigenvalue weighted by Crippen LogP contribution is -2.60. The topological polar surface area (TPSA) is 12.5 Å². The van der Waals surface area contributed by atoms with Crippen LogP contribution in [0.4, 0.5) is 11.4 Å². The van der Waals surface area contributed by atoms with Crippen LogP contribution in [0.1, 0.15) is 58.4 Å². The predicted octanol–water partition coefficient (Wildman–Crippen LogP) is 6.60. The molecule has 4 heteroatoms. The number of anilines is 2. The minimum absolute atomic E-state index is 0.129. The summed E-state index contributed by atoms with van der Waals surface area (Å²) in [4.78, 5) is 2.73. The largest absolute Gasteiger partial charge is 0.458 e. The van der Waals surface area contributed by atoms with E-state index in [0.29, 0.717) is 6.04 Å². The molecular formula is C30H30BNOS. The maximum atomic E-state index is 6.49. The number of hydrogen-bond donors (Lipinski definition) is 0. The fourth-order valence-corrected chi connectivity index (χ4v) is 7.64. The van der Waals surface area contributed by atoms with E-state index in [4.69, 9.17) is 4.74 Å². The number of rotatable bonds is 1. The summed E-state index contributed by atoms with van der Waals surface area (Å²) in [5.41, 5.74) is 7.03. The molecule has 1 aliphatic carbocycles. The van der Waals surface area contributed by atoms with E-state index in [0.717, 1.165) is 11.5 Å². The van der Waals surface area contributed by atoms with Crippen molar-refractivity contribution in [1.29, 1.82) is 0 Å². The van der Waals surface area contributed by atoms with Gasteiger partial charge in [-0.05, 0) is 65.1 Å². The van der Waals surface area contributed by atoms with Gasteiger partial charge in [-0.3, -0.25) is 0 Å². The van der Waals surface area contributed by atoms with Crippen LogP contribution in [0.3, 0.4) is 0 Å². The van der Waals surface area contributed by atoms with Crippen LogP contribution < -0.4 is 25.3 Å². The zero-order chi connectivity index (χ0) is 23.0. The Labute approximate surface area is 206 Å². The summed E-state index contributed by atoms with van der Waals surface area (Å²) in [6.45, 7) is 7.20. The van der Waals surface area contributed by atoms with Crippen molar-refractivity contribution in [3.63, 3.8) is 0 Å². The van der Waals surface area contributed by atoms with Crippen LogP contribution in [0.2, 0.25) is 0 Å². The van der Waals surface area contributed by atoms with Gasteiger partial charge in [0.15, 0.2) is 0 Å². The molecule has 34 heavy (non-hydrogen) atoms. The SMILES string of the molecule is CC(C)(C)c1ccc2sc3c(c2c1)N(C1CCCCC1)c1cccc2c1B3c1ccccc1O2. The van der Waals surface area contributed by atoms with Gasteiger partial charge in [0, 0.05) is 26.6 Å². The van der Waals surface area contributed by atoms with E-state index in [-0.39, 0.29) is 12.1 Å². The molecule has 4 aromatic rings. The van der Waals surface area contributed by atoms with Gasteiger partial charge in [-0.1, -0.05) is 70.4 Å². The minimum Gasteiger partial charge on any atom is -0.458 e. The fraction of sp³-hybridized carbons (Fsp3) is 0.333. The van der Waals surface area contributed by atoms with Gasteiger partial charge in [-0.15, -0.1) is 11.3 Å². The van der Waals surface area contributed by atoms with Crippen LogP contribution in [-0.2, 0) is 5.41 Å². The first kappa shape index (κ1) is 20.6. The first-order valence-corrected chi connectivity index (χ1v) is 13.6. The van der Waals surface area contributed by atoms with E-state index in [1.165, 1.54) is 74.8 Å². The highest BCUT2D eigenvalue weighted by Crippen LogP contribution is 2.45. The van der Waals surface area contributed by atoms with Crippen LogP contribution in [-0.4, -0.2) is 12.8 Å². The summed E-state index contributed by atoms with van der Waals surface area (Å²) in [6.07, 6.45) is 6.54. The third-order valence-electron chi connectivity index (χ3n) is 8.04. The van der Waals surface area contributed by atoms with Crippen molar-refractivity contribution in [2.24, 2.45) is 0 Å². The average Bonchev–Trinajstić information content (AvgIpc) is 3.22. The standard InChI is InChI=1S/C30H30BNOS/c1-30(2,3)19-16-17-26-21(18-19)28-29(34-26)31-22-12-7-8-14-24(22)33-25-15-9-13-23(27(25)31)32(28)20-10-5-4-6-11-20/h7-9,12-18,20H,4-6,10-11H2,1-3H3. The summed E-state index contributed by atoms with van der Waals surface area (Å²) in [5, 5.41) is 1.43. The third kappa shape index (κ3) is 2.94. The normalized spacial score (nSPS) is 17.3. The Morgan fingerprint density at radius 2 is 1.71 bits per heavy atom. The Kier molecular flexibility index (Phi) is 4.49. The molecule has 0 amide bonds. The molecular weight excluding hydrogens is 433 g/mol. The van der Waals surface area contributed by atoms with Crippen LogP contribution in [0, 0.1) is 0 Å².